The maximum absolute atomic E-state index is 10.9. The first-order valence-corrected chi connectivity index (χ1v) is 3.85. The van der Waals surface area contributed by atoms with E-state index in [4.69, 9.17) is 17.3 Å². The van der Waals surface area contributed by atoms with E-state index in [0.717, 1.165) is 0 Å². The zero-order chi connectivity index (χ0) is 9.84. The van der Waals surface area contributed by atoms with Crippen LogP contribution in [0.3, 0.4) is 0 Å². The minimum Gasteiger partial charge on any atom is -0.469 e. The van der Waals surface area contributed by atoms with E-state index in [1.54, 1.807) is 0 Å². The lowest BCUT2D eigenvalue weighted by Gasteiger charge is -2.01. The molecule has 1 rings (SSSR count). The third-order valence-corrected chi connectivity index (χ3v) is 1.72. The number of carbonyl (C=O) groups excluding carboxylic acids is 1. The van der Waals surface area contributed by atoms with Crippen molar-refractivity contribution in [3.05, 3.63) is 16.9 Å². The van der Waals surface area contributed by atoms with E-state index in [2.05, 4.69) is 14.7 Å². The molecule has 0 fully saturated rings. The van der Waals surface area contributed by atoms with Gasteiger partial charge in [0.15, 0.2) is 0 Å². The molecule has 1 aromatic rings. The van der Waals surface area contributed by atoms with Gasteiger partial charge in [-0.05, 0) is 0 Å². The van der Waals surface area contributed by atoms with Crippen LogP contribution in [0.2, 0.25) is 5.15 Å². The van der Waals surface area contributed by atoms with Gasteiger partial charge in [0.05, 0.1) is 13.5 Å². The van der Waals surface area contributed by atoms with E-state index >= 15 is 0 Å². The minimum atomic E-state index is -0.393. The summed E-state index contributed by atoms with van der Waals surface area (Å²) in [5, 5.41) is 0.179. The smallest absolute Gasteiger partial charge is 0.310 e. The molecule has 70 valence electrons. The summed E-state index contributed by atoms with van der Waals surface area (Å²) in [7, 11) is 1.30. The van der Waals surface area contributed by atoms with Gasteiger partial charge in [-0.2, -0.15) is 0 Å². The van der Waals surface area contributed by atoms with Crippen molar-refractivity contribution in [1.82, 2.24) is 9.97 Å². The van der Waals surface area contributed by atoms with Crippen LogP contribution < -0.4 is 5.73 Å². The number of halogens is 1. The van der Waals surface area contributed by atoms with Gasteiger partial charge in [-0.1, -0.05) is 11.6 Å². The first-order valence-electron chi connectivity index (χ1n) is 3.47. The molecule has 0 aliphatic heterocycles. The molecule has 13 heavy (non-hydrogen) atoms. The fourth-order valence-electron chi connectivity index (χ4n) is 0.745. The van der Waals surface area contributed by atoms with Gasteiger partial charge in [0.1, 0.15) is 5.15 Å². The quantitative estimate of drug-likeness (QED) is 0.555. The molecule has 1 aromatic heterocycles. The van der Waals surface area contributed by atoms with Crippen LogP contribution in [0, 0.1) is 0 Å². The highest BCUT2D eigenvalue weighted by Gasteiger charge is 2.08. The fourth-order valence-corrected chi connectivity index (χ4v) is 0.947. The van der Waals surface area contributed by atoms with E-state index in [1.165, 1.54) is 13.3 Å². The van der Waals surface area contributed by atoms with Crippen LogP contribution in [-0.2, 0) is 16.0 Å². The molecule has 5 nitrogen and oxygen atoms in total. The van der Waals surface area contributed by atoms with Crippen molar-refractivity contribution in [1.29, 1.82) is 0 Å². The van der Waals surface area contributed by atoms with E-state index in [1.807, 2.05) is 0 Å². The molecule has 0 amide bonds. The van der Waals surface area contributed by atoms with Gasteiger partial charge in [-0.15, -0.1) is 0 Å². The monoisotopic (exact) mass is 201 g/mol. The fraction of sp³-hybridized carbons (Fsp3) is 0.286. The number of nitrogens with two attached hydrogens (primary N) is 1. The molecule has 0 radical (unpaired) electrons. The Hall–Kier alpha value is -1.36. The highest BCUT2D eigenvalue weighted by Crippen LogP contribution is 2.13. The van der Waals surface area contributed by atoms with Gasteiger partial charge in [0, 0.05) is 11.8 Å². The summed E-state index contributed by atoms with van der Waals surface area (Å²) in [6.45, 7) is 0. The number of hydrogen-bond acceptors (Lipinski definition) is 5. The number of nitrogens with zero attached hydrogens (tertiary/aromatic N) is 2. The third-order valence-electron chi connectivity index (χ3n) is 1.39. The average molecular weight is 202 g/mol. The molecule has 0 atom stereocenters. The number of methoxy groups -OCH3 is 1. The van der Waals surface area contributed by atoms with Crippen molar-refractivity contribution in [3.8, 4) is 0 Å². The first-order chi connectivity index (χ1) is 6.13. The second kappa shape index (κ2) is 4.04. The predicted molar refractivity (Wildman–Crippen MR) is 47.2 cm³/mol. The van der Waals surface area contributed by atoms with Crippen molar-refractivity contribution in [2.24, 2.45) is 0 Å². The number of aromatic nitrogens is 2. The van der Waals surface area contributed by atoms with E-state index < -0.39 is 5.97 Å². The van der Waals surface area contributed by atoms with Crippen molar-refractivity contribution in [2.45, 2.75) is 6.42 Å². The van der Waals surface area contributed by atoms with Crippen LogP contribution in [0.4, 0.5) is 5.95 Å². The van der Waals surface area contributed by atoms with Crippen LogP contribution in [0.1, 0.15) is 5.56 Å². The third kappa shape index (κ3) is 2.55. The maximum Gasteiger partial charge on any atom is 0.310 e. The Morgan fingerprint density at radius 2 is 2.46 bits per heavy atom. The number of hydrogen-bond donors (Lipinski definition) is 1. The van der Waals surface area contributed by atoms with E-state index in [9.17, 15) is 4.79 Å². The summed E-state index contributed by atoms with van der Waals surface area (Å²) >= 11 is 5.69. The van der Waals surface area contributed by atoms with Crippen LogP contribution >= 0.6 is 11.6 Å². The van der Waals surface area contributed by atoms with Gasteiger partial charge in [-0.25, -0.2) is 9.97 Å². The number of ether oxygens (including phenoxy) is 1. The lowest BCUT2D eigenvalue weighted by molar-refractivity contribution is -0.139. The molecule has 0 spiro atoms. The van der Waals surface area contributed by atoms with Crippen LogP contribution in [-0.4, -0.2) is 23.0 Å². The molecule has 0 aliphatic rings. The van der Waals surface area contributed by atoms with Gasteiger partial charge in [0.25, 0.3) is 0 Å². The van der Waals surface area contributed by atoms with Gasteiger partial charge < -0.3 is 10.5 Å². The summed E-state index contributed by atoms with van der Waals surface area (Å²) < 4.78 is 4.45. The number of carbonyl (C=O) groups is 1. The average Bonchev–Trinajstić information content (AvgIpc) is 2.09. The Morgan fingerprint density at radius 1 is 1.77 bits per heavy atom. The lowest BCUT2D eigenvalue weighted by atomic mass is 10.2. The molecule has 0 saturated heterocycles. The molecule has 0 aliphatic carbocycles. The van der Waals surface area contributed by atoms with Gasteiger partial charge in [0.2, 0.25) is 5.95 Å². The Morgan fingerprint density at radius 3 is 3.00 bits per heavy atom. The molecular weight excluding hydrogens is 194 g/mol. The maximum atomic E-state index is 10.9. The number of rotatable bonds is 2. The number of anilines is 1. The van der Waals surface area contributed by atoms with Crippen molar-refractivity contribution in [3.63, 3.8) is 0 Å². The summed E-state index contributed by atoms with van der Waals surface area (Å²) in [5.41, 5.74) is 5.77. The first kappa shape index (κ1) is 9.73. The topological polar surface area (TPSA) is 78.1 Å². The molecule has 0 unspecified atom stereocenters. The molecule has 0 aromatic carbocycles. The second-order valence-corrected chi connectivity index (χ2v) is 2.66. The SMILES string of the molecule is COC(=O)Cc1cnc(N)nc1Cl. The Bertz CT molecular complexity index is 330. The summed E-state index contributed by atoms with van der Waals surface area (Å²) in [4.78, 5) is 18.2. The van der Waals surface area contributed by atoms with Crippen molar-refractivity contribution >= 4 is 23.5 Å². The number of nitrogen functional groups attached to an aromatic ring is 1. The molecule has 2 N–H and O–H groups in total. The predicted octanol–water partition coefficient (Wildman–Crippen LogP) is 0.428. The largest absolute Gasteiger partial charge is 0.469 e. The van der Waals surface area contributed by atoms with Gasteiger partial charge in [-0.3, -0.25) is 4.79 Å². The number of esters is 1. The minimum absolute atomic E-state index is 0.0512. The summed E-state index contributed by atoms with van der Waals surface area (Å²) in [5.74, 6) is -0.311. The summed E-state index contributed by atoms with van der Waals surface area (Å²) in [6.07, 6.45) is 1.46. The zero-order valence-electron chi connectivity index (χ0n) is 6.95. The summed E-state index contributed by atoms with van der Waals surface area (Å²) in [6, 6.07) is 0. The highest BCUT2D eigenvalue weighted by atomic mass is 35.5. The van der Waals surface area contributed by atoms with E-state index in [0.29, 0.717) is 5.56 Å². The molecule has 0 bridgehead atoms. The van der Waals surface area contributed by atoms with Gasteiger partial charge >= 0.3 is 5.97 Å². The molecule has 6 heteroatoms. The highest BCUT2D eigenvalue weighted by molar-refractivity contribution is 6.30. The Kier molecular flexibility index (Phi) is 3.02. The van der Waals surface area contributed by atoms with Crippen LogP contribution in [0.25, 0.3) is 0 Å². The lowest BCUT2D eigenvalue weighted by Crippen LogP contribution is -2.07. The van der Waals surface area contributed by atoms with Crippen molar-refractivity contribution in [2.75, 3.05) is 12.8 Å². The second-order valence-electron chi connectivity index (χ2n) is 2.30. The molecule has 0 saturated carbocycles. The Balaban J connectivity index is 2.83. The van der Waals surface area contributed by atoms with Crippen LogP contribution in [0.15, 0.2) is 6.20 Å². The zero-order valence-corrected chi connectivity index (χ0v) is 7.71. The van der Waals surface area contributed by atoms with E-state index in [-0.39, 0.29) is 17.5 Å². The molecule has 1 heterocycles. The normalized spacial score (nSPS) is 9.69. The van der Waals surface area contributed by atoms with Crippen LogP contribution in [0.5, 0.6) is 0 Å². The molecular formula is C7H8ClN3O2. The van der Waals surface area contributed by atoms with Crippen molar-refractivity contribution < 1.29 is 9.53 Å². The standard InChI is InChI=1S/C7H8ClN3O2/c1-13-5(12)2-4-3-10-7(9)11-6(4)8/h3H,2H2,1H3,(H2,9,10,11). The Labute approximate surface area is 79.9 Å².